The van der Waals surface area contributed by atoms with Crippen LogP contribution >= 0.6 is 0 Å². The van der Waals surface area contributed by atoms with Gasteiger partial charge in [0.1, 0.15) is 0 Å². The van der Waals surface area contributed by atoms with Gasteiger partial charge in [-0.2, -0.15) is 0 Å². The number of unbranched alkanes of at least 4 members (excludes halogenated alkanes) is 9. The van der Waals surface area contributed by atoms with E-state index in [-0.39, 0.29) is 5.57 Å². The second kappa shape index (κ2) is 17.2. The first kappa shape index (κ1) is 20.5. The van der Waals surface area contributed by atoms with E-state index in [2.05, 4.69) is 19.2 Å². The number of aliphatic carboxylic acids is 1. The molecular weight excluding hydrogens is 238 g/mol. The SMILES string of the molecule is C=C(C)C(=O)[O-].CCCCCCCCCCCC[NH3+]. The van der Waals surface area contributed by atoms with Gasteiger partial charge in [-0.1, -0.05) is 64.9 Å². The summed E-state index contributed by atoms with van der Waals surface area (Å²) in [5, 5.41) is 9.49. The van der Waals surface area contributed by atoms with Crippen LogP contribution in [0.25, 0.3) is 0 Å². The predicted molar refractivity (Wildman–Crippen MR) is 79.4 cm³/mol. The second-order valence-electron chi connectivity index (χ2n) is 5.10. The lowest BCUT2D eigenvalue weighted by Gasteiger charge is -2.00. The lowest BCUT2D eigenvalue weighted by atomic mass is 10.1. The fraction of sp³-hybridized carbons (Fsp3) is 0.812. The second-order valence-corrected chi connectivity index (χ2v) is 5.10. The van der Waals surface area contributed by atoms with Crippen LogP contribution in [0.4, 0.5) is 0 Å². The number of carboxylic acid groups (broad SMARTS) is 1. The molecule has 0 heterocycles. The van der Waals surface area contributed by atoms with Crippen molar-refractivity contribution in [3.63, 3.8) is 0 Å². The van der Waals surface area contributed by atoms with Crippen molar-refractivity contribution in [3.05, 3.63) is 12.2 Å². The summed E-state index contributed by atoms with van der Waals surface area (Å²) < 4.78 is 0. The molecule has 0 aliphatic rings. The van der Waals surface area contributed by atoms with Gasteiger partial charge in [0.05, 0.1) is 12.5 Å². The fourth-order valence-electron chi connectivity index (χ4n) is 1.66. The number of rotatable bonds is 11. The average Bonchev–Trinajstić information content (AvgIpc) is 2.37. The smallest absolute Gasteiger partial charge is 0.0739 e. The number of hydrogen-bond acceptors (Lipinski definition) is 2. The molecule has 0 saturated carbocycles. The molecule has 3 heteroatoms. The first-order chi connectivity index (χ1) is 9.06. The summed E-state index contributed by atoms with van der Waals surface area (Å²) >= 11 is 0. The molecule has 19 heavy (non-hydrogen) atoms. The molecule has 0 fully saturated rings. The van der Waals surface area contributed by atoms with Gasteiger partial charge >= 0.3 is 0 Å². The molecular formula is C16H33NO2. The van der Waals surface area contributed by atoms with Crippen LogP contribution in [0.5, 0.6) is 0 Å². The maximum atomic E-state index is 9.49. The molecule has 0 rings (SSSR count). The van der Waals surface area contributed by atoms with Crippen LogP contribution in [0, 0.1) is 0 Å². The molecule has 0 aliphatic carbocycles. The maximum Gasteiger partial charge on any atom is 0.0739 e. The van der Waals surface area contributed by atoms with Gasteiger partial charge in [0.25, 0.3) is 0 Å². The molecule has 0 aliphatic heterocycles. The summed E-state index contributed by atoms with van der Waals surface area (Å²) in [4.78, 5) is 9.49. The van der Waals surface area contributed by atoms with E-state index in [0.29, 0.717) is 0 Å². The molecule has 0 aromatic heterocycles. The minimum atomic E-state index is -1.19. The first-order valence-electron chi connectivity index (χ1n) is 7.72. The van der Waals surface area contributed by atoms with Gasteiger partial charge in [0.15, 0.2) is 0 Å². The lowest BCUT2D eigenvalue weighted by molar-refractivity contribution is -0.368. The van der Waals surface area contributed by atoms with Crippen LogP contribution in [0.3, 0.4) is 0 Å². The van der Waals surface area contributed by atoms with Gasteiger partial charge in [-0.3, -0.25) is 0 Å². The van der Waals surface area contributed by atoms with Crippen molar-refractivity contribution < 1.29 is 15.6 Å². The van der Waals surface area contributed by atoms with E-state index in [1.807, 2.05) is 0 Å². The number of quaternary nitrogens is 1. The van der Waals surface area contributed by atoms with Crippen molar-refractivity contribution in [2.75, 3.05) is 6.54 Å². The van der Waals surface area contributed by atoms with Crippen LogP contribution in [-0.4, -0.2) is 12.5 Å². The maximum absolute atomic E-state index is 9.49. The highest BCUT2D eigenvalue weighted by molar-refractivity contribution is 5.82. The van der Waals surface area contributed by atoms with Gasteiger partial charge in [-0.15, -0.1) is 0 Å². The van der Waals surface area contributed by atoms with E-state index in [4.69, 9.17) is 0 Å². The van der Waals surface area contributed by atoms with Gasteiger partial charge in [-0.05, 0) is 25.3 Å². The first-order valence-corrected chi connectivity index (χ1v) is 7.72. The van der Waals surface area contributed by atoms with Crippen LogP contribution in [0.15, 0.2) is 12.2 Å². The van der Waals surface area contributed by atoms with Crippen molar-refractivity contribution >= 4 is 5.97 Å². The van der Waals surface area contributed by atoms with Crippen molar-refractivity contribution in [2.45, 2.75) is 78.1 Å². The number of carbonyl (C=O) groups is 1. The molecule has 0 aromatic rings. The highest BCUT2D eigenvalue weighted by atomic mass is 16.4. The van der Waals surface area contributed by atoms with E-state index >= 15 is 0 Å². The molecule has 0 radical (unpaired) electrons. The zero-order valence-corrected chi connectivity index (χ0v) is 13.0. The third-order valence-corrected chi connectivity index (χ3v) is 2.95. The van der Waals surface area contributed by atoms with Gasteiger partial charge in [0.2, 0.25) is 0 Å². The molecule has 0 atom stereocenters. The highest BCUT2D eigenvalue weighted by Crippen LogP contribution is 2.09. The molecule has 3 N–H and O–H groups in total. The molecule has 0 saturated heterocycles. The third kappa shape index (κ3) is 22.8. The Hall–Kier alpha value is -0.830. The van der Waals surface area contributed by atoms with E-state index in [1.165, 1.54) is 71.1 Å². The molecule has 114 valence electrons. The van der Waals surface area contributed by atoms with Crippen molar-refractivity contribution in [3.8, 4) is 0 Å². The normalized spacial score (nSPS) is 9.63. The Bertz CT molecular complexity index is 193. The molecule has 0 bridgehead atoms. The van der Waals surface area contributed by atoms with Crippen molar-refractivity contribution in [1.82, 2.24) is 0 Å². The Morgan fingerprint density at radius 1 is 0.947 bits per heavy atom. The van der Waals surface area contributed by atoms with Crippen LogP contribution < -0.4 is 10.8 Å². The Morgan fingerprint density at radius 2 is 1.26 bits per heavy atom. The summed E-state index contributed by atoms with van der Waals surface area (Å²) in [6, 6.07) is 0. The Kier molecular flexibility index (Phi) is 18.5. The fourth-order valence-corrected chi connectivity index (χ4v) is 1.66. The topological polar surface area (TPSA) is 67.8 Å². The van der Waals surface area contributed by atoms with E-state index in [9.17, 15) is 9.90 Å². The summed E-state index contributed by atoms with van der Waals surface area (Å²) in [6.07, 6.45) is 14.2. The Balaban J connectivity index is 0. The van der Waals surface area contributed by atoms with Crippen LogP contribution in [-0.2, 0) is 4.79 Å². The summed E-state index contributed by atoms with van der Waals surface area (Å²) in [5.74, 6) is -1.19. The zero-order chi connectivity index (χ0) is 14.9. The van der Waals surface area contributed by atoms with E-state index < -0.39 is 5.97 Å². The number of carboxylic acids is 1. The minimum Gasteiger partial charge on any atom is -0.545 e. The van der Waals surface area contributed by atoms with E-state index in [1.54, 1.807) is 0 Å². The van der Waals surface area contributed by atoms with Gasteiger partial charge < -0.3 is 15.6 Å². The molecule has 3 nitrogen and oxygen atoms in total. The summed E-state index contributed by atoms with van der Waals surface area (Å²) in [5.41, 5.74) is 3.92. The monoisotopic (exact) mass is 271 g/mol. The quantitative estimate of drug-likeness (QED) is 0.463. The van der Waals surface area contributed by atoms with Crippen molar-refractivity contribution in [2.24, 2.45) is 0 Å². The number of carbonyl (C=O) groups excluding carboxylic acids is 1. The van der Waals surface area contributed by atoms with E-state index in [0.717, 1.165) is 6.54 Å². The third-order valence-electron chi connectivity index (χ3n) is 2.95. The van der Waals surface area contributed by atoms with Gasteiger partial charge in [-0.25, -0.2) is 0 Å². The minimum absolute atomic E-state index is 0.0648. The molecule has 0 amide bonds. The predicted octanol–water partition coefficient (Wildman–Crippen LogP) is 2.46. The Morgan fingerprint density at radius 3 is 1.53 bits per heavy atom. The summed E-state index contributed by atoms with van der Waals surface area (Å²) in [7, 11) is 0. The number of hydrogen-bond donors (Lipinski definition) is 1. The Labute approximate surface area is 119 Å². The highest BCUT2D eigenvalue weighted by Gasteiger charge is 1.91. The van der Waals surface area contributed by atoms with Crippen molar-refractivity contribution in [1.29, 1.82) is 0 Å². The van der Waals surface area contributed by atoms with Crippen LogP contribution in [0.2, 0.25) is 0 Å². The zero-order valence-electron chi connectivity index (χ0n) is 13.0. The summed E-state index contributed by atoms with van der Waals surface area (Å²) in [6.45, 7) is 7.87. The largest absolute Gasteiger partial charge is 0.545 e. The lowest BCUT2D eigenvalue weighted by Crippen LogP contribution is -2.50. The average molecular weight is 271 g/mol. The molecule has 0 aromatic carbocycles. The van der Waals surface area contributed by atoms with Crippen LogP contribution in [0.1, 0.15) is 78.1 Å². The standard InChI is InChI=1S/C12H27N.C4H6O2/c1-2-3-4-5-6-7-8-9-10-11-12-13;1-3(2)4(5)6/h2-13H2,1H3;1H2,2H3,(H,5,6). The molecule has 0 spiro atoms. The van der Waals surface area contributed by atoms with Gasteiger partial charge in [0, 0.05) is 0 Å². The molecule has 0 unspecified atom stereocenters.